The van der Waals surface area contributed by atoms with E-state index in [2.05, 4.69) is 10.7 Å². The lowest BCUT2D eigenvalue weighted by molar-refractivity contribution is -0.145. The molecular weight excluding hydrogens is 224 g/mol. The molecule has 1 saturated heterocycles. The molecule has 1 N–H and O–H groups in total. The minimum absolute atomic E-state index is 0.0160. The van der Waals surface area contributed by atoms with Crippen LogP contribution in [-0.4, -0.2) is 29.3 Å². The molecule has 1 aliphatic heterocycles. The fraction of sp³-hybridized carbons (Fsp3) is 0.455. The fourth-order valence-electron chi connectivity index (χ4n) is 1.73. The average molecular weight is 238 g/mol. The van der Waals surface area contributed by atoms with Gasteiger partial charge in [0, 0.05) is 6.54 Å². The monoisotopic (exact) mass is 238 g/mol. The van der Waals surface area contributed by atoms with Gasteiger partial charge in [-0.1, -0.05) is 0 Å². The number of carbonyl (C=O) groups excluding carboxylic acids is 2. The van der Waals surface area contributed by atoms with Crippen molar-refractivity contribution in [3.05, 3.63) is 21.9 Å². The van der Waals surface area contributed by atoms with E-state index in [0.717, 1.165) is 5.56 Å². The van der Waals surface area contributed by atoms with Gasteiger partial charge in [0.05, 0.1) is 6.54 Å². The standard InChI is InChI=1S/C11H14N2O2S/c1-7-5-16-6-9(7)4-13-8(2)11(15)12-3-10(13)14/h5-6,8H,3-4H2,1-2H3,(H,12,15). The molecule has 0 bridgehead atoms. The third-order valence-corrected chi connectivity index (χ3v) is 3.79. The topological polar surface area (TPSA) is 49.4 Å². The van der Waals surface area contributed by atoms with Crippen molar-refractivity contribution in [3.63, 3.8) is 0 Å². The highest BCUT2D eigenvalue weighted by Crippen LogP contribution is 2.18. The van der Waals surface area contributed by atoms with Crippen molar-refractivity contribution in [1.82, 2.24) is 10.2 Å². The van der Waals surface area contributed by atoms with Gasteiger partial charge in [-0.25, -0.2) is 0 Å². The average Bonchev–Trinajstić information content (AvgIpc) is 2.65. The molecule has 16 heavy (non-hydrogen) atoms. The van der Waals surface area contributed by atoms with E-state index in [9.17, 15) is 9.59 Å². The maximum Gasteiger partial charge on any atom is 0.242 e. The Balaban J connectivity index is 2.16. The number of hydrogen-bond acceptors (Lipinski definition) is 3. The van der Waals surface area contributed by atoms with E-state index < -0.39 is 0 Å². The Kier molecular flexibility index (Phi) is 2.96. The first-order chi connectivity index (χ1) is 7.59. The summed E-state index contributed by atoms with van der Waals surface area (Å²) in [5.74, 6) is -0.0924. The first-order valence-electron chi connectivity index (χ1n) is 5.18. The summed E-state index contributed by atoms with van der Waals surface area (Å²) in [6.07, 6.45) is 0. The summed E-state index contributed by atoms with van der Waals surface area (Å²) in [5.41, 5.74) is 2.30. The summed E-state index contributed by atoms with van der Waals surface area (Å²) < 4.78 is 0. The third kappa shape index (κ3) is 1.95. The fourth-order valence-corrected chi connectivity index (χ4v) is 2.58. The van der Waals surface area contributed by atoms with Crippen LogP contribution in [0.2, 0.25) is 0 Å². The van der Waals surface area contributed by atoms with Gasteiger partial charge in [-0.3, -0.25) is 9.59 Å². The van der Waals surface area contributed by atoms with Crippen LogP contribution in [0.25, 0.3) is 0 Å². The highest BCUT2D eigenvalue weighted by Gasteiger charge is 2.30. The first kappa shape index (κ1) is 11.1. The van der Waals surface area contributed by atoms with Gasteiger partial charge in [0.1, 0.15) is 6.04 Å². The second-order valence-corrected chi connectivity index (χ2v) is 4.74. The SMILES string of the molecule is Cc1cscc1CN1C(=O)CNC(=O)C1C. The molecule has 2 heterocycles. The molecule has 86 valence electrons. The van der Waals surface area contributed by atoms with Crippen molar-refractivity contribution in [1.29, 1.82) is 0 Å². The van der Waals surface area contributed by atoms with Crippen LogP contribution in [0.4, 0.5) is 0 Å². The van der Waals surface area contributed by atoms with Gasteiger partial charge in [0.15, 0.2) is 0 Å². The first-order valence-corrected chi connectivity index (χ1v) is 6.12. The zero-order chi connectivity index (χ0) is 11.7. The van der Waals surface area contributed by atoms with E-state index in [1.165, 1.54) is 5.56 Å². The molecule has 1 unspecified atom stereocenters. The van der Waals surface area contributed by atoms with E-state index in [1.807, 2.05) is 12.3 Å². The van der Waals surface area contributed by atoms with Crippen LogP contribution in [0.15, 0.2) is 10.8 Å². The highest BCUT2D eigenvalue weighted by molar-refractivity contribution is 7.08. The molecule has 0 radical (unpaired) electrons. The summed E-state index contributed by atoms with van der Waals surface area (Å²) >= 11 is 1.62. The molecule has 1 aliphatic rings. The van der Waals surface area contributed by atoms with Gasteiger partial charge >= 0.3 is 0 Å². The summed E-state index contributed by atoms with van der Waals surface area (Å²) in [6, 6.07) is -0.374. The van der Waals surface area contributed by atoms with Crippen molar-refractivity contribution < 1.29 is 9.59 Å². The predicted molar refractivity (Wildman–Crippen MR) is 62.1 cm³/mol. The van der Waals surface area contributed by atoms with Gasteiger partial charge in [-0.15, -0.1) is 0 Å². The molecule has 1 fully saturated rings. The lowest BCUT2D eigenvalue weighted by atomic mass is 10.1. The largest absolute Gasteiger partial charge is 0.345 e. The van der Waals surface area contributed by atoms with Gasteiger partial charge in [0.25, 0.3) is 0 Å². The van der Waals surface area contributed by atoms with Crippen LogP contribution in [0, 0.1) is 6.92 Å². The number of rotatable bonds is 2. The number of nitrogens with one attached hydrogen (secondary N) is 1. The molecule has 1 aromatic rings. The molecule has 1 aromatic heterocycles. The van der Waals surface area contributed by atoms with Crippen LogP contribution in [0.3, 0.4) is 0 Å². The molecule has 2 amide bonds. The van der Waals surface area contributed by atoms with Crippen LogP contribution >= 0.6 is 11.3 Å². The smallest absolute Gasteiger partial charge is 0.242 e. The van der Waals surface area contributed by atoms with Crippen LogP contribution in [-0.2, 0) is 16.1 Å². The molecule has 1 atom stereocenters. The quantitative estimate of drug-likeness (QED) is 0.832. The van der Waals surface area contributed by atoms with Gasteiger partial charge < -0.3 is 10.2 Å². The van der Waals surface area contributed by atoms with Crippen molar-refractivity contribution in [3.8, 4) is 0 Å². The number of nitrogens with zero attached hydrogens (tertiary/aromatic N) is 1. The van der Waals surface area contributed by atoms with Crippen molar-refractivity contribution >= 4 is 23.2 Å². The molecular formula is C11H14N2O2S. The van der Waals surface area contributed by atoms with E-state index in [1.54, 1.807) is 23.2 Å². The van der Waals surface area contributed by atoms with Crippen LogP contribution in [0.5, 0.6) is 0 Å². The maximum absolute atomic E-state index is 11.7. The highest BCUT2D eigenvalue weighted by atomic mass is 32.1. The Bertz CT molecular complexity index is 427. The third-order valence-electron chi connectivity index (χ3n) is 2.88. The predicted octanol–water partition coefficient (Wildman–Crippen LogP) is 0.903. The Morgan fingerprint density at radius 2 is 2.25 bits per heavy atom. The second kappa shape index (κ2) is 4.25. The molecule has 4 nitrogen and oxygen atoms in total. The second-order valence-electron chi connectivity index (χ2n) is 4.00. The lowest BCUT2D eigenvalue weighted by Crippen LogP contribution is -2.56. The van der Waals surface area contributed by atoms with E-state index in [-0.39, 0.29) is 24.4 Å². The van der Waals surface area contributed by atoms with Crippen molar-refractivity contribution in [2.24, 2.45) is 0 Å². The minimum Gasteiger partial charge on any atom is -0.345 e. The molecule has 0 aliphatic carbocycles. The zero-order valence-electron chi connectivity index (χ0n) is 9.32. The molecule has 2 rings (SSSR count). The van der Waals surface area contributed by atoms with E-state index >= 15 is 0 Å². The van der Waals surface area contributed by atoms with Crippen molar-refractivity contribution in [2.45, 2.75) is 26.4 Å². The van der Waals surface area contributed by atoms with Crippen molar-refractivity contribution in [2.75, 3.05) is 6.54 Å². The van der Waals surface area contributed by atoms with Gasteiger partial charge in [0.2, 0.25) is 11.8 Å². The van der Waals surface area contributed by atoms with Gasteiger partial charge in [-0.05, 0) is 35.7 Å². The Morgan fingerprint density at radius 3 is 2.88 bits per heavy atom. The van der Waals surface area contributed by atoms with E-state index in [0.29, 0.717) is 6.54 Å². The summed E-state index contributed by atoms with van der Waals surface area (Å²) in [6.45, 7) is 4.42. The van der Waals surface area contributed by atoms with Crippen LogP contribution in [0.1, 0.15) is 18.1 Å². The van der Waals surface area contributed by atoms with Gasteiger partial charge in [-0.2, -0.15) is 11.3 Å². The summed E-state index contributed by atoms with van der Waals surface area (Å²) in [7, 11) is 0. The maximum atomic E-state index is 11.7. The molecule has 0 aromatic carbocycles. The molecule has 0 spiro atoms. The minimum atomic E-state index is -0.374. The Labute approximate surface area is 98.3 Å². The van der Waals surface area contributed by atoms with Crippen LogP contribution < -0.4 is 5.32 Å². The van der Waals surface area contributed by atoms with E-state index in [4.69, 9.17) is 0 Å². The molecule has 0 saturated carbocycles. The number of amides is 2. The molecule has 5 heteroatoms. The summed E-state index contributed by atoms with van der Waals surface area (Å²) in [4.78, 5) is 24.8. The normalized spacial score (nSPS) is 21.1. The summed E-state index contributed by atoms with van der Waals surface area (Å²) in [5, 5.41) is 6.66. The number of aryl methyl sites for hydroxylation is 1. The lowest BCUT2D eigenvalue weighted by Gasteiger charge is -2.32. The zero-order valence-corrected chi connectivity index (χ0v) is 10.1. The number of piperazine rings is 1. The number of hydrogen-bond donors (Lipinski definition) is 1. The number of carbonyl (C=O) groups is 2. The Hall–Kier alpha value is -1.36. The number of thiophene rings is 1. The Morgan fingerprint density at radius 1 is 1.50 bits per heavy atom.